The van der Waals surface area contributed by atoms with Gasteiger partial charge in [-0.2, -0.15) is 0 Å². The van der Waals surface area contributed by atoms with Crippen molar-refractivity contribution in [1.29, 1.82) is 0 Å². The fraction of sp³-hybridized carbons (Fsp3) is 0.875. The summed E-state index contributed by atoms with van der Waals surface area (Å²) in [5.41, 5.74) is 0. The number of carboxylic acids is 1. The van der Waals surface area contributed by atoms with Gasteiger partial charge in [0.15, 0.2) is 0 Å². The number of rotatable bonds is 2. The number of aliphatic hydroxyl groups is 1. The van der Waals surface area contributed by atoms with Gasteiger partial charge in [0.1, 0.15) is 0 Å². The molecule has 1 saturated heterocycles. The number of carboxylic acid groups (broad SMARTS) is 1. The Balaban J connectivity index is 1.78. The SMILES string of the molecule is O=C(O)C1CN(C2CCC2O)C1. The van der Waals surface area contributed by atoms with Crippen LogP contribution in [0, 0.1) is 5.92 Å². The molecular formula is C8H13NO3. The van der Waals surface area contributed by atoms with Crippen LogP contribution in [0.1, 0.15) is 12.8 Å². The average molecular weight is 171 g/mol. The molecule has 0 aromatic carbocycles. The van der Waals surface area contributed by atoms with Crippen molar-refractivity contribution < 1.29 is 15.0 Å². The molecule has 2 fully saturated rings. The van der Waals surface area contributed by atoms with Crippen LogP contribution in [0.25, 0.3) is 0 Å². The summed E-state index contributed by atoms with van der Waals surface area (Å²) < 4.78 is 0. The summed E-state index contributed by atoms with van der Waals surface area (Å²) in [6, 6.07) is 0.251. The molecule has 2 aliphatic rings. The lowest BCUT2D eigenvalue weighted by molar-refractivity contribution is -0.153. The van der Waals surface area contributed by atoms with Crippen LogP contribution in [0.5, 0.6) is 0 Å². The number of likely N-dealkylation sites (tertiary alicyclic amines) is 1. The number of hydrogen-bond acceptors (Lipinski definition) is 3. The van der Waals surface area contributed by atoms with E-state index >= 15 is 0 Å². The molecule has 2 rings (SSSR count). The molecule has 0 spiro atoms. The lowest BCUT2D eigenvalue weighted by atomic mass is 9.84. The third-order valence-corrected chi connectivity index (χ3v) is 2.93. The minimum absolute atomic E-state index is 0.196. The van der Waals surface area contributed by atoms with Gasteiger partial charge in [-0.15, -0.1) is 0 Å². The van der Waals surface area contributed by atoms with Gasteiger partial charge in [0.25, 0.3) is 0 Å². The fourth-order valence-corrected chi connectivity index (χ4v) is 1.83. The van der Waals surface area contributed by atoms with E-state index in [0.29, 0.717) is 13.1 Å². The van der Waals surface area contributed by atoms with Crippen LogP contribution in [0.2, 0.25) is 0 Å². The molecule has 4 nitrogen and oxygen atoms in total. The van der Waals surface area contributed by atoms with Gasteiger partial charge in [0.05, 0.1) is 12.0 Å². The van der Waals surface area contributed by atoms with E-state index < -0.39 is 5.97 Å². The Hall–Kier alpha value is -0.610. The molecule has 1 heterocycles. The first-order valence-electron chi connectivity index (χ1n) is 4.33. The first kappa shape index (κ1) is 8.01. The Bertz CT molecular complexity index is 200. The second-order valence-corrected chi connectivity index (χ2v) is 3.70. The predicted octanol–water partition coefficient (Wildman–Crippen LogP) is -0.474. The smallest absolute Gasteiger partial charge is 0.309 e. The zero-order valence-corrected chi connectivity index (χ0v) is 6.81. The number of hydrogen-bond donors (Lipinski definition) is 2. The van der Waals surface area contributed by atoms with Crippen molar-refractivity contribution in [3.05, 3.63) is 0 Å². The zero-order valence-electron chi connectivity index (χ0n) is 6.81. The van der Waals surface area contributed by atoms with Crippen molar-refractivity contribution >= 4 is 5.97 Å². The van der Waals surface area contributed by atoms with E-state index in [2.05, 4.69) is 4.90 Å². The van der Waals surface area contributed by atoms with E-state index in [0.717, 1.165) is 12.8 Å². The summed E-state index contributed by atoms with van der Waals surface area (Å²) in [6.45, 7) is 1.24. The van der Waals surface area contributed by atoms with Gasteiger partial charge in [-0.3, -0.25) is 9.69 Å². The standard InChI is InChI=1S/C8H13NO3/c10-7-2-1-6(7)9-3-5(4-9)8(11)12/h5-7,10H,1-4H2,(H,11,12). The molecule has 12 heavy (non-hydrogen) atoms. The normalized spacial score (nSPS) is 37.1. The van der Waals surface area contributed by atoms with Crippen LogP contribution in [0.15, 0.2) is 0 Å². The molecule has 0 amide bonds. The molecule has 0 radical (unpaired) electrons. The summed E-state index contributed by atoms with van der Waals surface area (Å²) in [7, 11) is 0. The van der Waals surface area contributed by atoms with Gasteiger partial charge in [0.2, 0.25) is 0 Å². The second-order valence-electron chi connectivity index (χ2n) is 3.70. The lowest BCUT2D eigenvalue weighted by Gasteiger charge is -2.48. The quantitative estimate of drug-likeness (QED) is 0.589. The molecule has 1 aliphatic heterocycles. The summed E-state index contributed by atoms with van der Waals surface area (Å²) in [5.74, 6) is -0.905. The molecule has 0 bridgehead atoms. The third kappa shape index (κ3) is 1.11. The van der Waals surface area contributed by atoms with E-state index in [9.17, 15) is 9.90 Å². The Morgan fingerprint density at radius 1 is 1.33 bits per heavy atom. The number of carbonyl (C=O) groups is 1. The molecular weight excluding hydrogens is 158 g/mol. The molecule has 0 aromatic heterocycles. The molecule has 68 valence electrons. The second kappa shape index (κ2) is 2.71. The van der Waals surface area contributed by atoms with Crippen LogP contribution >= 0.6 is 0 Å². The molecule has 0 aromatic rings. The maximum absolute atomic E-state index is 10.4. The van der Waals surface area contributed by atoms with Crippen molar-refractivity contribution in [3.63, 3.8) is 0 Å². The summed E-state index contributed by atoms with van der Waals surface area (Å²) >= 11 is 0. The molecule has 2 atom stereocenters. The highest BCUT2D eigenvalue weighted by Gasteiger charge is 2.42. The van der Waals surface area contributed by atoms with Crippen LogP contribution in [-0.2, 0) is 4.79 Å². The highest BCUT2D eigenvalue weighted by Crippen LogP contribution is 2.31. The van der Waals surface area contributed by atoms with Crippen LogP contribution in [0.3, 0.4) is 0 Å². The Kier molecular flexibility index (Phi) is 1.81. The largest absolute Gasteiger partial charge is 0.481 e. The van der Waals surface area contributed by atoms with Crippen molar-refractivity contribution in [2.45, 2.75) is 25.0 Å². The van der Waals surface area contributed by atoms with Gasteiger partial charge in [-0.05, 0) is 12.8 Å². The summed E-state index contributed by atoms with van der Waals surface area (Å²) in [6.07, 6.45) is 1.69. The predicted molar refractivity (Wildman–Crippen MR) is 41.7 cm³/mol. The van der Waals surface area contributed by atoms with E-state index in [4.69, 9.17) is 5.11 Å². The molecule has 1 aliphatic carbocycles. The first-order chi connectivity index (χ1) is 5.68. The Morgan fingerprint density at radius 3 is 2.33 bits per heavy atom. The number of aliphatic carboxylic acids is 1. The monoisotopic (exact) mass is 171 g/mol. The minimum atomic E-state index is -0.708. The molecule has 2 N–H and O–H groups in total. The Labute approximate surface area is 70.8 Å². The van der Waals surface area contributed by atoms with Gasteiger partial charge < -0.3 is 10.2 Å². The highest BCUT2D eigenvalue weighted by atomic mass is 16.4. The molecule has 4 heteroatoms. The molecule has 1 saturated carbocycles. The average Bonchev–Trinajstić information content (AvgIpc) is 1.91. The first-order valence-corrected chi connectivity index (χ1v) is 4.33. The van der Waals surface area contributed by atoms with Crippen LogP contribution < -0.4 is 0 Å². The van der Waals surface area contributed by atoms with Crippen LogP contribution in [-0.4, -0.2) is 46.3 Å². The fourth-order valence-electron chi connectivity index (χ4n) is 1.83. The molecule has 2 unspecified atom stereocenters. The highest BCUT2D eigenvalue weighted by molar-refractivity contribution is 5.71. The number of aliphatic hydroxyl groups excluding tert-OH is 1. The van der Waals surface area contributed by atoms with E-state index in [-0.39, 0.29) is 18.1 Å². The summed E-state index contributed by atoms with van der Waals surface area (Å²) in [5, 5.41) is 17.9. The summed E-state index contributed by atoms with van der Waals surface area (Å²) in [4.78, 5) is 12.5. The van der Waals surface area contributed by atoms with Gasteiger partial charge in [0, 0.05) is 19.1 Å². The lowest BCUT2D eigenvalue weighted by Crippen LogP contribution is -2.61. The maximum atomic E-state index is 10.4. The zero-order chi connectivity index (χ0) is 8.72. The van der Waals surface area contributed by atoms with E-state index in [1.807, 2.05) is 0 Å². The van der Waals surface area contributed by atoms with E-state index in [1.54, 1.807) is 0 Å². The van der Waals surface area contributed by atoms with Gasteiger partial charge >= 0.3 is 5.97 Å². The topological polar surface area (TPSA) is 60.8 Å². The van der Waals surface area contributed by atoms with Crippen molar-refractivity contribution in [1.82, 2.24) is 4.90 Å². The number of nitrogens with zero attached hydrogens (tertiary/aromatic N) is 1. The van der Waals surface area contributed by atoms with Gasteiger partial charge in [-0.25, -0.2) is 0 Å². The third-order valence-electron chi connectivity index (χ3n) is 2.93. The van der Waals surface area contributed by atoms with E-state index in [1.165, 1.54) is 0 Å². The van der Waals surface area contributed by atoms with Gasteiger partial charge in [-0.1, -0.05) is 0 Å². The minimum Gasteiger partial charge on any atom is -0.481 e. The van der Waals surface area contributed by atoms with Crippen molar-refractivity contribution in [2.75, 3.05) is 13.1 Å². The maximum Gasteiger partial charge on any atom is 0.309 e. The van der Waals surface area contributed by atoms with Crippen molar-refractivity contribution in [2.24, 2.45) is 5.92 Å². The van der Waals surface area contributed by atoms with Crippen LogP contribution in [0.4, 0.5) is 0 Å². The van der Waals surface area contributed by atoms with Crippen molar-refractivity contribution in [3.8, 4) is 0 Å². The Morgan fingerprint density at radius 2 is 2.00 bits per heavy atom.